The van der Waals surface area contributed by atoms with Crippen molar-refractivity contribution in [2.24, 2.45) is 7.05 Å². The van der Waals surface area contributed by atoms with Crippen LogP contribution in [-0.4, -0.2) is 50.2 Å². The van der Waals surface area contributed by atoms with Crippen LogP contribution in [0.1, 0.15) is 29.9 Å². The van der Waals surface area contributed by atoms with Crippen molar-refractivity contribution in [3.63, 3.8) is 0 Å². The van der Waals surface area contributed by atoms with E-state index in [2.05, 4.69) is 55.0 Å². The fourth-order valence-electron chi connectivity index (χ4n) is 3.72. The highest BCUT2D eigenvalue weighted by atomic mass is 32.2. The van der Waals surface area contributed by atoms with Crippen LogP contribution in [0, 0.1) is 0 Å². The van der Waals surface area contributed by atoms with Crippen LogP contribution in [0.25, 0.3) is 0 Å². The number of nitrogens with zero attached hydrogens (tertiary/aromatic N) is 4. The molecule has 3 heterocycles. The zero-order valence-corrected chi connectivity index (χ0v) is 18.7. The molecule has 0 radical (unpaired) electrons. The number of hydrogen-bond donors (Lipinski definition) is 1. The van der Waals surface area contributed by atoms with Crippen LogP contribution < -0.4 is 5.32 Å². The molecule has 1 atom stereocenters. The van der Waals surface area contributed by atoms with Crippen molar-refractivity contribution in [3.05, 3.63) is 65.7 Å². The molecule has 7 nitrogen and oxygen atoms in total. The van der Waals surface area contributed by atoms with Crippen LogP contribution in [0.5, 0.6) is 0 Å². The molecule has 4 rings (SSSR count). The number of benzene rings is 1. The monoisotopic (exact) mass is 439 g/mol. The first-order valence-electron chi connectivity index (χ1n) is 10.8. The van der Waals surface area contributed by atoms with Gasteiger partial charge in [-0.05, 0) is 37.0 Å². The minimum atomic E-state index is 0.00194. The van der Waals surface area contributed by atoms with Crippen LogP contribution in [-0.2, 0) is 36.0 Å². The zero-order chi connectivity index (χ0) is 21.5. The van der Waals surface area contributed by atoms with Gasteiger partial charge in [0, 0.05) is 45.1 Å². The molecular formula is C23H29N5O2S. The number of amides is 1. The fraction of sp³-hybridized carbons (Fsp3) is 0.435. The van der Waals surface area contributed by atoms with E-state index in [1.54, 1.807) is 0 Å². The summed E-state index contributed by atoms with van der Waals surface area (Å²) in [6.07, 6.45) is 5.87. The Hall–Kier alpha value is -2.58. The molecule has 0 bridgehead atoms. The second kappa shape index (κ2) is 10.6. The lowest BCUT2D eigenvalue weighted by molar-refractivity contribution is -0.119. The number of carbonyl (C=O) groups is 1. The second-order valence-electron chi connectivity index (χ2n) is 7.80. The van der Waals surface area contributed by atoms with Crippen molar-refractivity contribution >= 4 is 17.7 Å². The number of ether oxygens (including phenoxy) is 1. The number of aromatic nitrogens is 4. The van der Waals surface area contributed by atoms with Gasteiger partial charge in [0.2, 0.25) is 5.91 Å². The molecule has 1 saturated heterocycles. The van der Waals surface area contributed by atoms with Crippen molar-refractivity contribution in [3.8, 4) is 0 Å². The number of carbonyl (C=O) groups excluding carboxylic acids is 1. The molecule has 2 aromatic heterocycles. The maximum Gasteiger partial charge on any atom is 0.230 e. The van der Waals surface area contributed by atoms with Crippen molar-refractivity contribution in [1.29, 1.82) is 0 Å². The van der Waals surface area contributed by atoms with Gasteiger partial charge in [-0.3, -0.25) is 4.79 Å². The predicted octanol–water partition coefficient (Wildman–Crippen LogP) is 2.84. The summed E-state index contributed by atoms with van der Waals surface area (Å²) in [4.78, 5) is 12.3. The van der Waals surface area contributed by atoms with E-state index in [1.165, 1.54) is 23.0 Å². The van der Waals surface area contributed by atoms with Gasteiger partial charge in [-0.25, -0.2) is 0 Å². The Bertz CT molecular complexity index is 979. The number of nitrogens with one attached hydrogen (secondary N) is 1. The van der Waals surface area contributed by atoms with Crippen molar-refractivity contribution < 1.29 is 9.53 Å². The van der Waals surface area contributed by atoms with Gasteiger partial charge in [-0.15, -0.1) is 10.2 Å². The predicted molar refractivity (Wildman–Crippen MR) is 121 cm³/mol. The molecule has 0 spiro atoms. The molecule has 31 heavy (non-hydrogen) atoms. The molecule has 0 aliphatic carbocycles. The third-order valence-electron chi connectivity index (χ3n) is 5.53. The van der Waals surface area contributed by atoms with E-state index in [9.17, 15) is 4.79 Å². The average molecular weight is 440 g/mol. The molecule has 1 N–H and O–H groups in total. The first-order valence-corrected chi connectivity index (χ1v) is 11.7. The van der Waals surface area contributed by atoms with Gasteiger partial charge in [0.05, 0.1) is 11.9 Å². The molecule has 1 aliphatic rings. The Morgan fingerprint density at radius 3 is 2.84 bits per heavy atom. The van der Waals surface area contributed by atoms with Gasteiger partial charge in [-0.2, -0.15) is 0 Å². The summed E-state index contributed by atoms with van der Waals surface area (Å²) in [6, 6.07) is 14.5. The van der Waals surface area contributed by atoms with Gasteiger partial charge in [0.1, 0.15) is 5.82 Å². The van der Waals surface area contributed by atoms with Gasteiger partial charge < -0.3 is 19.2 Å². The highest BCUT2D eigenvalue weighted by molar-refractivity contribution is 7.99. The fourth-order valence-corrected chi connectivity index (χ4v) is 4.54. The van der Waals surface area contributed by atoms with Crippen molar-refractivity contribution in [2.45, 2.75) is 43.5 Å². The summed E-state index contributed by atoms with van der Waals surface area (Å²) >= 11 is 1.44. The Kier molecular flexibility index (Phi) is 7.43. The smallest absolute Gasteiger partial charge is 0.230 e. The Morgan fingerprint density at radius 2 is 2.10 bits per heavy atom. The zero-order valence-electron chi connectivity index (χ0n) is 17.9. The van der Waals surface area contributed by atoms with Gasteiger partial charge in [0.15, 0.2) is 5.16 Å². The highest BCUT2D eigenvalue weighted by Gasteiger charge is 2.18. The molecule has 1 aromatic carbocycles. The van der Waals surface area contributed by atoms with Gasteiger partial charge in [0.25, 0.3) is 0 Å². The maximum absolute atomic E-state index is 12.3. The summed E-state index contributed by atoms with van der Waals surface area (Å²) in [5.41, 5.74) is 2.45. The third-order valence-corrected chi connectivity index (χ3v) is 6.50. The summed E-state index contributed by atoms with van der Waals surface area (Å²) < 4.78 is 9.82. The second-order valence-corrected chi connectivity index (χ2v) is 8.74. The lowest BCUT2D eigenvalue weighted by Gasteiger charge is -2.12. The molecule has 3 aromatic rings. The first-order chi connectivity index (χ1) is 15.2. The van der Waals surface area contributed by atoms with E-state index < -0.39 is 0 Å². The van der Waals surface area contributed by atoms with E-state index in [0.717, 1.165) is 43.4 Å². The number of thioether (sulfide) groups is 1. The van der Waals surface area contributed by atoms with E-state index in [1.807, 2.05) is 25.4 Å². The lowest BCUT2D eigenvalue weighted by atomic mass is 10.1. The largest absolute Gasteiger partial charge is 0.376 e. The Morgan fingerprint density at radius 1 is 1.23 bits per heavy atom. The average Bonchev–Trinajstić information content (AvgIpc) is 3.53. The molecule has 1 fully saturated rings. The van der Waals surface area contributed by atoms with Crippen molar-refractivity contribution in [1.82, 2.24) is 24.6 Å². The summed E-state index contributed by atoms with van der Waals surface area (Å²) in [5.74, 6) is 1.24. The topological polar surface area (TPSA) is 74.0 Å². The summed E-state index contributed by atoms with van der Waals surface area (Å²) in [6.45, 7) is 2.15. The summed E-state index contributed by atoms with van der Waals surface area (Å²) in [7, 11) is 2.04. The number of hydrogen-bond acceptors (Lipinski definition) is 5. The quantitative estimate of drug-likeness (QED) is 0.492. The van der Waals surface area contributed by atoms with Crippen LogP contribution in [0.4, 0.5) is 0 Å². The molecule has 0 saturated carbocycles. The SMILES string of the molecule is Cn1cccc1Cc1nnc(SCC(=O)NC[C@@H]2CCCO2)n1CCc1ccccc1. The van der Waals surface area contributed by atoms with Crippen LogP contribution in [0.3, 0.4) is 0 Å². The molecule has 1 aliphatic heterocycles. The lowest BCUT2D eigenvalue weighted by Crippen LogP contribution is -2.33. The minimum absolute atomic E-state index is 0.00194. The van der Waals surface area contributed by atoms with E-state index in [4.69, 9.17) is 4.74 Å². The van der Waals surface area contributed by atoms with Crippen molar-refractivity contribution in [2.75, 3.05) is 18.9 Å². The molecule has 0 unspecified atom stereocenters. The molecule has 8 heteroatoms. The number of rotatable bonds is 10. The highest BCUT2D eigenvalue weighted by Crippen LogP contribution is 2.20. The van der Waals surface area contributed by atoms with E-state index in [-0.39, 0.29) is 12.0 Å². The van der Waals surface area contributed by atoms with E-state index >= 15 is 0 Å². The standard InChI is InChI=1S/C23H29N5O2S/c1-27-12-5-9-19(27)15-21-25-26-23(28(21)13-11-18-7-3-2-4-8-18)31-17-22(29)24-16-20-10-6-14-30-20/h2-5,7-9,12,20H,6,10-11,13-17H2,1H3,(H,24,29)/t20-/m0/s1. The van der Waals surface area contributed by atoms with Gasteiger partial charge in [-0.1, -0.05) is 42.1 Å². The van der Waals surface area contributed by atoms with E-state index in [0.29, 0.717) is 18.7 Å². The molecule has 164 valence electrons. The minimum Gasteiger partial charge on any atom is -0.376 e. The van der Waals surface area contributed by atoms with Crippen LogP contribution >= 0.6 is 11.8 Å². The molecule has 1 amide bonds. The van der Waals surface area contributed by atoms with Crippen LogP contribution in [0.2, 0.25) is 0 Å². The third kappa shape index (κ3) is 5.98. The number of aryl methyl sites for hydroxylation is 2. The first kappa shape index (κ1) is 21.6. The molecular weight excluding hydrogens is 410 g/mol. The Labute approximate surface area is 187 Å². The normalized spacial score (nSPS) is 16.0. The Balaban J connectivity index is 1.41. The summed E-state index contributed by atoms with van der Waals surface area (Å²) in [5, 5.41) is 12.6. The maximum atomic E-state index is 12.3. The van der Waals surface area contributed by atoms with Crippen LogP contribution in [0.15, 0.2) is 53.8 Å². The van der Waals surface area contributed by atoms with Gasteiger partial charge >= 0.3 is 0 Å².